The van der Waals surface area contributed by atoms with Gasteiger partial charge >= 0.3 is 0 Å². The molecular weight excluding hydrogens is 272 g/mol. The SMILES string of the molecule is COCCC(N)C(=O)Nc1cc(-n2cnnn2)ccc1C. The topological polar surface area (TPSA) is 108 Å². The van der Waals surface area contributed by atoms with Gasteiger partial charge in [-0.05, 0) is 41.5 Å². The number of amides is 1. The summed E-state index contributed by atoms with van der Waals surface area (Å²) in [6.45, 7) is 2.35. The van der Waals surface area contributed by atoms with Crippen LogP contribution in [0.5, 0.6) is 0 Å². The summed E-state index contributed by atoms with van der Waals surface area (Å²) in [6.07, 6.45) is 1.95. The molecule has 0 saturated heterocycles. The van der Waals surface area contributed by atoms with Crippen LogP contribution in [0.1, 0.15) is 12.0 Å². The number of carbonyl (C=O) groups excluding carboxylic acids is 1. The first-order valence-corrected chi connectivity index (χ1v) is 6.51. The van der Waals surface area contributed by atoms with E-state index in [1.54, 1.807) is 13.2 Å². The van der Waals surface area contributed by atoms with E-state index in [0.717, 1.165) is 11.3 Å². The van der Waals surface area contributed by atoms with Crippen molar-refractivity contribution in [3.63, 3.8) is 0 Å². The van der Waals surface area contributed by atoms with Gasteiger partial charge in [-0.3, -0.25) is 4.79 Å². The number of nitrogens with one attached hydrogen (secondary N) is 1. The van der Waals surface area contributed by atoms with Crippen molar-refractivity contribution in [2.75, 3.05) is 19.0 Å². The number of nitrogens with zero attached hydrogens (tertiary/aromatic N) is 4. The molecule has 1 atom stereocenters. The van der Waals surface area contributed by atoms with Crippen LogP contribution in [0.4, 0.5) is 5.69 Å². The van der Waals surface area contributed by atoms with Gasteiger partial charge in [0, 0.05) is 19.4 Å². The molecule has 3 N–H and O–H groups in total. The van der Waals surface area contributed by atoms with Crippen molar-refractivity contribution >= 4 is 11.6 Å². The highest BCUT2D eigenvalue weighted by Crippen LogP contribution is 2.19. The van der Waals surface area contributed by atoms with Crippen molar-refractivity contribution in [3.05, 3.63) is 30.1 Å². The zero-order chi connectivity index (χ0) is 15.2. The number of benzene rings is 1. The van der Waals surface area contributed by atoms with Gasteiger partial charge in [0.25, 0.3) is 0 Å². The summed E-state index contributed by atoms with van der Waals surface area (Å²) in [6, 6.07) is 4.94. The standard InChI is InChI=1S/C13H18N6O2/c1-9-3-4-10(19-8-15-17-18-19)7-12(9)16-13(20)11(14)5-6-21-2/h3-4,7-8,11H,5-6,14H2,1-2H3,(H,16,20). The number of methoxy groups -OCH3 is 1. The number of rotatable bonds is 6. The fraction of sp³-hybridized carbons (Fsp3) is 0.385. The molecule has 1 aromatic carbocycles. The number of hydrogen-bond acceptors (Lipinski definition) is 6. The van der Waals surface area contributed by atoms with E-state index < -0.39 is 6.04 Å². The van der Waals surface area contributed by atoms with Crippen molar-refractivity contribution in [2.45, 2.75) is 19.4 Å². The lowest BCUT2D eigenvalue weighted by atomic mass is 10.1. The van der Waals surface area contributed by atoms with E-state index in [4.69, 9.17) is 10.5 Å². The molecule has 0 radical (unpaired) electrons. The average Bonchev–Trinajstić information content (AvgIpc) is 3.01. The molecule has 0 fully saturated rings. The second-order valence-electron chi connectivity index (χ2n) is 4.63. The Morgan fingerprint density at radius 3 is 3.00 bits per heavy atom. The third-order valence-electron chi connectivity index (χ3n) is 3.06. The first kappa shape index (κ1) is 15.1. The highest BCUT2D eigenvalue weighted by molar-refractivity contribution is 5.95. The third-order valence-corrected chi connectivity index (χ3v) is 3.06. The van der Waals surface area contributed by atoms with Crippen LogP contribution in [-0.2, 0) is 9.53 Å². The number of anilines is 1. The summed E-state index contributed by atoms with van der Waals surface area (Å²) in [5.41, 5.74) is 8.17. The predicted octanol–water partition coefficient (Wildman–Crippen LogP) is 0.273. The van der Waals surface area contributed by atoms with Gasteiger partial charge in [0.1, 0.15) is 6.33 Å². The van der Waals surface area contributed by atoms with E-state index in [9.17, 15) is 4.79 Å². The summed E-state index contributed by atoms with van der Waals surface area (Å²) in [5, 5.41) is 13.8. The number of hydrogen-bond donors (Lipinski definition) is 2. The van der Waals surface area contributed by atoms with Crippen molar-refractivity contribution in [1.29, 1.82) is 0 Å². The second-order valence-corrected chi connectivity index (χ2v) is 4.63. The van der Waals surface area contributed by atoms with E-state index in [1.165, 1.54) is 11.0 Å². The number of ether oxygens (including phenoxy) is 1. The summed E-state index contributed by atoms with van der Waals surface area (Å²) in [5.74, 6) is -0.246. The fourth-order valence-electron chi connectivity index (χ4n) is 1.77. The van der Waals surface area contributed by atoms with Gasteiger partial charge in [-0.1, -0.05) is 6.07 Å². The Morgan fingerprint density at radius 1 is 1.52 bits per heavy atom. The maximum absolute atomic E-state index is 12.0. The number of nitrogens with two attached hydrogens (primary N) is 1. The van der Waals surface area contributed by atoms with Crippen molar-refractivity contribution in [1.82, 2.24) is 20.2 Å². The summed E-state index contributed by atoms with van der Waals surface area (Å²) in [4.78, 5) is 12.0. The van der Waals surface area contributed by atoms with Crippen molar-refractivity contribution in [2.24, 2.45) is 5.73 Å². The van der Waals surface area contributed by atoms with Gasteiger partial charge in [0.05, 0.1) is 11.7 Å². The van der Waals surface area contributed by atoms with E-state index in [1.807, 2.05) is 19.1 Å². The van der Waals surface area contributed by atoms with Gasteiger partial charge < -0.3 is 15.8 Å². The highest BCUT2D eigenvalue weighted by Gasteiger charge is 2.14. The molecule has 1 heterocycles. The van der Waals surface area contributed by atoms with E-state index in [0.29, 0.717) is 18.7 Å². The van der Waals surface area contributed by atoms with Gasteiger partial charge in [0.2, 0.25) is 5.91 Å². The Kier molecular flexibility index (Phi) is 4.96. The average molecular weight is 290 g/mol. The van der Waals surface area contributed by atoms with Gasteiger partial charge in [-0.2, -0.15) is 0 Å². The fourth-order valence-corrected chi connectivity index (χ4v) is 1.77. The van der Waals surface area contributed by atoms with Crippen LogP contribution in [0.25, 0.3) is 5.69 Å². The lowest BCUT2D eigenvalue weighted by molar-refractivity contribution is -0.117. The normalized spacial score (nSPS) is 12.1. The van der Waals surface area contributed by atoms with Crippen LogP contribution in [-0.4, -0.2) is 45.9 Å². The summed E-state index contributed by atoms with van der Waals surface area (Å²) < 4.78 is 6.43. The van der Waals surface area contributed by atoms with Crippen molar-refractivity contribution in [3.8, 4) is 5.69 Å². The minimum Gasteiger partial charge on any atom is -0.385 e. The monoisotopic (exact) mass is 290 g/mol. The quantitative estimate of drug-likeness (QED) is 0.790. The highest BCUT2D eigenvalue weighted by atomic mass is 16.5. The van der Waals surface area contributed by atoms with E-state index in [-0.39, 0.29) is 5.91 Å². The van der Waals surface area contributed by atoms with Crippen LogP contribution in [0.2, 0.25) is 0 Å². The van der Waals surface area contributed by atoms with Crippen LogP contribution in [0.15, 0.2) is 24.5 Å². The molecule has 1 unspecified atom stereocenters. The predicted molar refractivity (Wildman–Crippen MR) is 77.0 cm³/mol. The van der Waals surface area contributed by atoms with Gasteiger partial charge in [0.15, 0.2) is 0 Å². The molecule has 2 rings (SSSR count). The molecule has 1 amide bonds. The van der Waals surface area contributed by atoms with Crippen LogP contribution in [0.3, 0.4) is 0 Å². The van der Waals surface area contributed by atoms with E-state index >= 15 is 0 Å². The van der Waals surface area contributed by atoms with Crippen LogP contribution >= 0.6 is 0 Å². The Labute approximate surface area is 122 Å². The molecule has 0 aliphatic heterocycles. The molecule has 0 saturated carbocycles. The number of carbonyl (C=O) groups is 1. The Bertz CT molecular complexity index is 599. The van der Waals surface area contributed by atoms with Gasteiger partial charge in [-0.15, -0.1) is 5.10 Å². The molecule has 112 valence electrons. The second kappa shape index (κ2) is 6.91. The molecule has 0 spiro atoms. The molecule has 21 heavy (non-hydrogen) atoms. The molecule has 2 aromatic rings. The molecule has 8 nitrogen and oxygen atoms in total. The van der Waals surface area contributed by atoms with E-state index in [2.05, 4.69) is 20.8 Å². The van der Waals surface area contributed by atoms with Gasteiger partial charge in [-0.25, -0.2) is 4.68 Å². The number of aryl methyl sites for hydroxylation is 1. The molecule has 0 aliphatic carbocycles. The third kappa shape index (κ3) is 3.83. The maximum atomic E-state index is 12.0. The smallest absolute Gasteiger partial charge is 0.241 e. The lowest BCUT2D eigenvalue weighted by Crippen LogP contribution is -2.36. The summed E-state index contributed by atoms with van der Waals surface area (Å²) >= 11 is 0. The Hall–Kier alpha value is -2.32. The molecule has 1 aromatic heterocycles. The molecule has 0 bridgehead atoms. The van der Waals surface area contributed by atoms with Crippen molar-refractivity contribution < 1.29 is 9.53 Å². The first-order chi connectivity index (χ1) is 10.1. The minimum absolute atomic E-state index is 0.246. The molecule has 0 aliphatic rings. The summed E-state index contributed by atoms with van der Waals surface area (Å²) in [7, 11) is 1.57. The Balaban J connectivity index is 2.12. The largest absolute Gasteiger partial charge is 0.385 e. The first-order valence-electron chi connectivity index (χ1n) is 6.51. The molecule has 8 heteroatoms. The number of aromatic nitrogens is 4. The molecular formula is C13H18N6O2. The minimum atomic E-state index is -0.610. The van der Waals surface area contributed by atoms with Crippen LogP contribution < -0.4 is 11.1 Å². The Morgan fingerprint density at radius 2 is 2.33 bits per heavy atom. The maximum Gasteiger partial charge on any atom is 0.241 e. The number of tetrazole rings is 1. The zero-order valence-corrected chi connectivity index (χ0v) is 12.0. The lowest BCUT2D eigenvalue weighted by Gasteiger charge is -2.14. The zero-order valence-electron chi connectivity index (χ0n) is 12.0. The van der Waals surface area contributed by atoms with Crippen LogP contribution in [0, 0.1) is 6.92 Å².